The normalized spacial score (nSPS) is 29.2. The standard InChI is InChI=1S/C16H24NO2/c1-5-15(18)19-16(14-9-7-6-8-10-14)11-12-17(3,4)13(16)2/h6-10,13H,5,11-12H2,1-4H3/q+1. The molecule has 0 radical (unpaired) electrons. The van der Waals surface area contributed by atoms with Crippen molar-refractivity contribution in [2.45, 2.75) is 38.3 Å². The van der Waals surface area contributed by atoms with Crippen molar-refractivity contribution >= 4 is 5.97 Å². The zero-order valence-corrected chi connectivity index (χ0v) is 12.3. The van der Waals surface area contributed by atoms with Gasteiger partial charge in [-0.1, -0.05) is 37.3 Å². The zero-order chi connectivity index (χ0) is 14.1. The van der Waals surface area contributed by atoms with E-state index in [9.17, 15) is 4.79 Å². The molecule has 2 rings (SSSR count). The van der Waals surface area contributed by atoms with Crippen molar-refractivity contribution in [2.75, 3.05) is 20.6 Å². The van der Waals surface area contributed by atoms with Crippen LogP contribution in [0.3, 0.4) is 0 Å². The molecule has 3 heteroatoms. The second-order valence-corrected chi connectivity index (χ2v) is 6.01. The van der Waals surface area contributed by atoms with E-state index in [0.29, 0.717) is 6.42 Å². The highest BCUT2D eigenvalue weighted by molar-refractivity contribution is 5.69. The van der Waals surface area contributed by atoms with Gasteiger partial charge in [-0.15, -0.1) is 0 Å². The first kappa shape index (κ1) is 14.1. The van der Waals surface area contributed by atoms with E-state index < -0.39 is 5.60 Å². The monoisotopic (exact) mass is 262 g/mol. The molecule has 0 bridgehead atoms. The fraction of sp³-hybridized carbons (Fsp3) is 0.562. The molecule has 1 aliphatic heterocycles. The highest BCUT2D eigenvalue weighted by Gasteiger charge is 2.55. The van der Waals surface area contributed by atoms with E-state index in [2.05, 4.69) is 33.2 Å². The van der Waals surface area contributed by atoms with Gasteiger partial charge in [-0.3, -0.25) is 4.79 Å². The van der Waals surface area contributed by atoms with Crippen LogP contribution in [0, 0.1) is 0 Å². The van der Waals surface area contributed by atoms with Gasteiger partial charge in [-0.25, -0.2) is 0 Å². The molecular formula is C16H24NO2+. The average molecular weight is 262 g/mol. The highest BCUT2D eigenvalue weighted by Crippen LogP contribution is 2.43. The van der Waals surface area contributed by atoms with Gasteiger partial charge in [0.15, 0.2) is 5.60 Å². The average Bonchev–Trinajstić information content (AvgIpc) is 2.65. The number of quaternary nitrogens is 1. The molecule has 1 aliphatic rings. The third kappa shape index (κ3) is 2.39. The predicted octanol–water partition coefficient (Wildman–Crippen LogP) is 2.70. The number of hydrogen-bond donors (Lipinski definition) is 0. The molecule has 0 aliphatic carbocycles. The molecule has 2 atom stereocenters. The Bertz CT molecular complexity index is 455. The number of carbonyl (C=O) groups is 1. The molecule has 0 aromatic heterocycles. The Labute approximate surface area is 115 Å². The van der Waals surface area contributed by atoms with Crippen LogP contribution in [0.25, 0.3) is 0 Å². The van der Waals surface area contributed by atoms with E-state index in [0.717, 1.165) is 23.0 Å². The molecule has 1 aromatic carbocycles. The van der Waals surface area contributed by atoms with E-state index >= 15 is 0 Å². The summed E-state index contributed by atoms with van der Waals surface area (Å²) in [6, 6.07) is 10.4. The maximum absolute atomic E-state index is 11.9. The number of benzene rings is 1. The van der Waals surface area contributed by atoms with E-state index in [1.165, 1.54) is 0 Å². The Kier molecular flexibility index (Phi) is 3.68. The first-order chi connectivity index (χ1) is 8.92. The molecule has 0 amide bonds. The van der Waals surface area contributed by atoms with Crippen molar-refractivity contribution in [2.24, 2.45) is 0 Å². The number of nitrogens with zero attached hydrogens (tertiary/aromatic N) is 1. The number of esters is 1. The lowest BCUT2D eigenvalue weighted by Crippen LogP contribution is -2.51. The number of carbonyl (C=O) groups excluding carboxylic acids is 1. The molecule has 0 saturated carbocycles. The Morgan fingerprint density at radius 2 is 2.00 bits per heavy atom. The van der Waals surface area contributed by atoms with Crippen molar-refractivity contribution in [1.82, 2.24) is 0 Å². The minimum absolute atomic E-state index is 0.113. The molecule has 19 heavy (non-hydrogen) atoms. The minimum Gasteiger partial charge on any atom is -0.448 e. The first-order valence-corrected chi connectivity index (χ1v) is 7.02. The van der Waals surface area contributed by atoms with Gasteiger partial charge in [0.25, 0.3) is 0 Å². The van der Waals surface area contributed by atoms with Gasteiger partial charge in [-0.2, -0.15) is 0 Å². The first-order valence-electron chi connectivity index (χ1n) is 7.02. The Balaban J connectivity index is 2.43. The van der Waals surface area contributed by atoms with Crippen LogP contribution in [0.2, 0.25) is 0 Å². The maximum atomic E-state index is 11.9. The summed E-state index contributed by atoms with van der Waals surface area (Å²) in [4.78, 5) is 11.9. The summed E-state index contributed by atoms with van der Waals surface area (Å²) in [5, 5.41) is 0. The highest BCUT2D eigenvalue weighted by atomic mass is 16.6. The zero-order valence-electron chi connectivity index (χ0n) is 12.3. The van der Waals surface area contributed by atoms with E-state index in [4.69, 9.17) is 4.74 Å². The lowest BCUT2D eigenvalue weighted by atomic mass is 9.86. The van der Waals surface area contributed by atoms with E-state index in [1.807, 2.05) is 25.1 Å². The number of rotatable bonds is 3. The van der Waals surface area contributed by atoms with E-state index in [1.54, 1.807) is 0 Å². The molecule has 0 N–H and O–H groups in total. The molecule has 1 fully saturated rings. The van der Waals surface area contributed by atoms with Gasteiger partial charge in [0, 0.05) is 18.4 Å². The second-order valence-electron chi connectivity index (χ2n) is 6.01. The summed E-state index contributed by atoms with van der Waals surface area (Å²) in [6.07, 6.45) is 1.31. The second kappa shape index (κ2) is 4.97. The lowest BCUT2D eigenvalue weighted by molar-refractivity contribution is -0.904. The molecule has 1 saturated heterocycles. The predicted molar refractivity (Wildman–Crippen MR) is 75.6 cm³/mol. The van der Waals surface area contributed by atoms with Gasteiger partial charge in [0.05, 0.1) is 20.6 Å². The minimum atomic E-state index is -0.474. The van der Waals surface area contributed by atoms with Gasteiger partial charge in [0.1, 0.15) is 6.04 Å². The molecule has 1 heterocycles. The number of ether oxygens (including phenoxy) is 1. The van der Waals surface area contributed by atoms with Crippen LogP contribution in [0.15, 0.2) is 30.3 Å². The molecule has 0 spiro atoms. The quantitative estimate of drug-likeness (QED) is 0.618. The van der Waals surface area contributed by atoms with Crippen molar-refractivity contribution in [3.63, 3.8) is 0 Å². The summed E-state index contributed by atoms with van der Waals surface area (Å²) in [7, 11) is 4.41. The van der Waals surface area contributed by atoms with Gasteiger partial charge < -0.3 is 9.22 Å². The number of likely N-dealkylation sites (N-methyl/N-ethyl adjacent to an activating group) is 1. The Hall–Kier alpha value is -1.35. The molecular weight excluding hydrogens is 238 g/mol. The summed E-state index contributed by atoms with van der Waals surface area (Å²) in [5.41, 5.74) is 0.644. The van der Waals surface area contributed by atoms with Crippen LogP contribution < -0.4 is 0 Å². The van der Waals surface area contributed by atoms with Crippen molar-refractivity contribution in [1.29, 1.82) is 0 Å². The SMILES string of the molecule is CCC(=O)OC1(c2ccccc2)CC[N+](C)(C)C1C. The van der Waals surface area contributed by atoms with Crippen LogP contribution in [-0.2, 0) is 15.1 Å². The maximum Gasteiger partial charge on any atom is 0.306 e. The van der Waals surface area contributed by atoms with Crippen LogP contribution in [0.4, 0.5) is 0 Å². The summed E-state index contributed by atoms with van der Waals surface area (Å²) in [6.45, 7) is 5.05. The summed E-state index contributed by atoms with van der Waals surface area (Å²) >= 11 is 0. The smallest absolute Gasteiger partial charge is 0.306 e. The molecule has 3 nitrogen and oxygen atoms in total. The number of hydrogen-bond acceptors (Lipinski definition) is 2. The van der Waals surface area contributed by atoms with Gasteiger partial charge >= 0.3 is 5.97 Å². The van der Waals surface area contributed by atoms with Gasteiger partial charge in [-0.05, 0) is 6.92 Å². The Morgan fingerprint density at radius 3 is 2.47 bits per heavy atom. The lowest BCUT2D eigenvalue weighted by Gasteiger charge is -2.37. The van der Waals surface area contributed by atoms with Crippen molar-refractivity contribution in [3.05, 3.63) is 35.9 Å². The van der Waals surface area contributed by atoms with Crippen molar-refractivity contribution < 1.29 is 14.0 Å². The summed E-state index contributed by atoms with van der Waals surface area (Å²) < 4.78 is 6.81. The molecule has 2 unspecified atom stereocenters. The van der Waals surface area contributed by atoms with Crippen LogP contribution in [0.5, 0.6) is 0 Å². The van der Waals surface area contributed by atoms with E-state index in [-0.39, 0.29) is 12.0 Å². The largest absolute Gasteiger partial charge is 0.448 e. The van der Waals surface area contributed by atoms with Crippen LogP contribution in [0.1, 0.15) is 32.3 Å². The van der Waals surface area contributed by atoms with Crippen LogP contribution in [-0.4, -0.2) is 37.1 Å². The summed E-state index contributed by atoms with van der Waals surface area (Å²) in [5.74, 6) is -0.113. The topological polar surface area (TPSA) is 26.3 Å². The molecule has 1 aromatic rings. The fourth-order valence-corrected chi connectivity index (χ4v) is 3.00. The fourth-order valence-electron chi connectivity index (χ4n) is 3.00. The van der Waals surface area contributed by atoms with Crippen LogP contribution >= 0.6 is 0 Å². The van der Waals surface area contributed by atoms with Gasteiger partial charge in [0.2, 0.25) is 0 Å². The number of likely N-dealkylation sites (tertiary alicyclic amines) is 1. The molecule has 104 valence electrons. The van der Waals surface area contributed by atoms with Crippen molar-refractivity contribution in [3.8, 4) is 0 Å². The third-order valence-corrected chi connectivity index (χ3v) is 4.63. The Morgan fingerprint density at radius 1 is 1.37 bits per heavy atom. The third-order valence-electron chi connectivity index (χ3n) is 4.63.